The second-order valence-corrected chi connectivity index (χ2v) is 8.08. The van der Waals surface area contributed by atoms with Crippen LogP contribution in [0.2, 0.25) is 0 Å². The Morgan fingerprint density at radius 1 is 1.30 bits per heavy atom. The number of ketones is 1. The molecule has 1 aliphatic carbocycles. The minimum absolute atomic E-state index is 0.0287. The van der Waals surface area contributed by atoms with Crippen LogP contribution in [0.4, 0.5) is 5.82 Å². The molecule has 1 aromatic carbocycles. The van der Waals surface area contributed by atoms with Crippen LogP contribution in [0.3, 0.4) is 0 Å². The van der Waals surface area contributed by atoms with Crippen molar-refractivity contribution in [1.82, 2.24) is 9.97 Å². The van der Waals surface area contributed by atoms with E-state index in [2.05, 4.69) is 21.9 Å². The zero-order valence-corrected chi connectivity index (χ0v) is 17.3. The molecule has 8 heteroatoms. The molecule has 0 saturated heterocycles. The second kappa shape index (κ2) is 8.31. The summed E-state index contributed by atoms with van der Waals surface area (Å²) >= 11 is 1.38. The number of aromatic nitrogens is 2. The van der Waals surface area contributed by atoms with Crippen molar-refractivity contribution in [2.45, 2.75) is 30.3 Å². The van der Waals surface area contributed by atoms with Crippen LogP contribution in [-0.2, 0) is 9.53 Å². The second-order valence-electron chi connectivity index (χ2n) is 7.07. The summed E-state index contributed by atoms with van der Waals surface area (Å²) in [6.45, 7) is 3.69. The van der Waals surface area contributed by atoms with Gasteiger partial charge in [-0.05, 0) is 30.5 Å². The van der Waals surface area contributed by atoms with Gasteiger partial charge in [0.1, 0.15) is 5.82 Å². The Morgan fingerprint density at radius 2 is 2.07 bits per heavy atom. The van der Waals surface area contributed by atoms with Crippen molar-refractivity contribution in [1.29, 1.82) is 0 Å². The lowest BCUT2D eigenvalue weighted by atomic mass is 9.76. The van der Waals surface area contributed by atoms with Gasteiger partial charge in [0.2, 0.25) is 0 Å². The highest BCUT2D eigenvalue weighted by molar-refractivity contribution is 7.99. The van der Waals surface area contributed by atoms with Gasteiger partial charge < -0.3 is 15.0 Å². The normalized spacial score (nSPS) is 17.6. The minimum Gasteiger partial charge on any atom is -0.465 e. The number of benzene rings is 1. The number of anilines is 1. The summed E-state index contributed by atoms with van der Waals surface area (Å²) in [7, 11) is 1.32. The number of fused-ring (bicyclic) bond motifs is 1. The fourth-order valence-electron chi connectivity index (χ4n) is 3.91. The number of hydrogen-bond acceptors (Lipinski definition) is 7. The maximum absolute atomic E-state index is 13.1. The Bertz CT molecular complexity index is 1120. The van der Waals surface area contributed by atoms with Crippen molar-refractivity contribution in [3.8, 4) is 0 Å². The fourth-order valence-corrected chi connectivity index (χ4v) is 4.51. The molecule has 0 unspecified atom stereocenters. The molecule has 2 aromatic rings. The lowest BCUT2D eigenvalue weighted by Crippen LogP contribution is -2.32. The molecule has 0 amide bonds. The quantitative estimate of drug-likeness (QED) is 0.329. The maximum Gasteiger partial charge on any atom is 0.337 e. The molecule has 1 atom stereocenters. The standard InChI is InChI=1S/C22H21N3O4S/c1-3-11-30-22-24-19-18(20(27)25-22)16(17-14(23-19)5-4-6-15(17)26)12-7-9-13(10-8-12)21(28)29-2/h3,7-10,16H,1,4-6,11H2,2H3,(H2,23,24,25,27)/t16-/m0/s1. The number of nitrogens with zero attached hydrogens (tertiary/aromatic N) is 1. The van der Waals surface area contributed by atoms with Crippen LogP contribution < -0.4 is 10.9 Å². The summed E-state index contributed by atoms with van der Waals surface area (Å²) in [5, 5.41) is 3.74. The average Bonchev–Trinajstić information content (AvgIpc) is 2.76. The molecule has 0 radical (unpaired) electrons. The van der Waals surface area contributed by atoms with E-state index in [0.717, 1.165) is 24.1 Å². The molecule has 30 heavy (non-hydrogen) atoms. The maximum atomic E-state index is 13.1. The van der Waals surface area contributed by atoms with Crippen LogP contribution in [0, 0.1) is 0 Å². The first-order valence-electron chi connectivity index (χ1n) is 9.63. The Labute approximate surface area is 177 Å². The number of methoxy groups -OCH3 is 1. The molecule has 0 saturated carbocycles. The van der Waals surface area contributed by atoms with Gasteiger partial charge in [-0.1, -0.05) is 30.0 Å². The number of allylic oxidation sites excluding steroid dienone is 2. The summed E-state index contributed by atoms with van der Waals surface area (Å²) in [4.78, 5) is 45.1. The number of nitrogens with one attached hydrogen (secondary N) is 2. The Kier molecular flexibility index (Phi) is 5.59. The number of carbonyl (C=O) groups excluding carboxylic acids is 2. The van der Waals surface area contributed by atoms with Crippen molar-refractivity contribution in [2.24, 2.45) is 0 Å². The highest BCUT2D eigenvalue weighted by Gasteiger charge is 2.37. The van der Waals surface area contributed by atoms with Gasteiger partial charge in [-0.15, -0.1) is 6.58 Å². The fraction of sp³-hybridized carbons (Fsp3) is 0.273. The van der Waals surface area contributed by atoms with Gasteiger partial charge in [-0.3, -0.25) is 9.59 Å². The number of Topliss-reactive ketones (excluding diaryl/α,β-unsaturated/α-hetero) is 1. The molecular weight excluding hydrogens is 402 g/mol. The van der Waals surface area contributed by atoms with Crippen molar-refractivity contribution in [3.63, 3.8) is 0 Å². The molecule has 4 rings (SSSR count). The van der Waals surface area contributed by atoms with E-state index in [9.17, 15) is 14.4 Å². The van der Waals surface area contributed by atoms with E-state index in [1.54, 1.807) is 30.3 Å². The van der Waals surface area contributed by atoms with Crippen molar-refractivity contribution >= 4 is 29.3 Å². The molecule has 154 valence electrons. The van der Waals surface area contributed by atoms with E-state index in [1.807, 2.05) is 0 Å². The number of thioether (sulfide) groups is 1. The van der Waals surface area contributed by atoms with Crippen LogP contribution in [0.5, 0.6) is 0 Å². The number of esters is 1. The molecule has 2 heterocycles. The van der Waals surface area contributed by atoms with Crippen LogP contribution in [0.15, 0.2) is 58.1 Å². The number of carbonyl (C=O) groups is 2. The number of hydrogen-bond donors (Lipinski definition) is 2. The van der Waals surface area contributed by atoms with Crippen LogP contribution in [-0.4, -0.2) is 34.6 Å². The van der Waals surface area contributed by atoms with E-state index >= 15 is 0 Å². The third kappa shape index (κ3) is 3.59. The summed E-state index contributed by atoms with van der Waals surface area (Å²) in [6, 6.07) is 6.81. The monoisotopic (exact) mass is 423 g/mol. The van der Waals surface area contributed by atoms with E-state index < -0.39 is 11.9 Å². The van der Waals surface area contributed by atoms with Gasteiger partial charge in [0, 0.05) is 29.4 Å². The smallest absolute Gasteiger partial charge is 0.337 e. The third-order valence-corrected chi connectivity index (χ3v) is 6.11. The predicted molar refractivity (Wildman–Crippen MR) is 115 cm³/mol. The van der Waals surface area contributed by atoms with Crippen LogP contribution in [0.25, 0.3) is 0 Å². The molecule has 0 fully saturated rings. The van der Waals surface area contributed by atoms with Gasteiger partial charge in [-0.2, -0.15) is 0 Å². The van der Waals surface area contributed by atoms with Gasteiger partial charge in [-0.25, -0.2) is 9.78 Å². The average molecular weight is 423 g/mol. The van der Waals surface area contributed by atoms with Crippen molar-refractivity contribution in [3.05, 3.63) is 75.2 Å². The van der Waals surface area contributed by atoms with Gasteiger partial charge in [0.25, 0.3) is 5.56 Å². The molecule has 7 nitrogen and oxygen atoms in total. The molecule has 2 N–H and O–H groups in total. The molecule has 2 aliphatic rings. The molecule has 1 aliphatic heterocycles. The lowest BCUT2D eigenvalue weighted by Gasteiger charge is -2.32. The van der Waals surface area contributed by atoms with Gasteiger partial charge in [0.05, 0.1) is 18.2 Å². The lowest BCUT2D eigenvalue weighted by molar-refractivity contribution is -0.116. The summed E-state index contributed by atoms with van der Waals surface area (Å²) in [5.41, 5.74) is 2.72. The summed E-state index contributed by atoms with van der Waals surface area (Å²) in [6.07, 6.45) is 3.67. The minimum atomic E-state index is -0.537. The van der Waals surface area contributed by atoms with Crippen LogP contribution >= 0.6 is 11.8 Å². The highest BCUT2D eigenvalue weighted by atomic mass is 32.2. The zero-order chi connectivity index (χ0) is 21.3. The topological polar surface area (TPSA) is 101 Å². The first kappa shape index (κ1) is 20.2. The number of H-pyrrole nitrogens is 1. The number of ether oxygens (including phenoxy) is 1. The van der Waals surface area contributed by atoms with Gasteiger partial charge >= 0.3 is 5.97 Å². The van der Waals surface area contributed by atoms with Gasteiger partial charge in [0.15, 0.2) is 10.9 Å². The molecular formula is C22H21N3O4S. The summed E-state index contributed by atoms with van der Waals surface area (Å²) < 4.78 is 4.76. The van der Waals surface area contributed by atoms with E-state index in [-0.39, 0.29) is 11.3 Å². The number of aromatic amines is 1. The highest BCUT2D eigenvalue weighted by Crippen LogP contribution is 2.43. The third-order valence-electron chi connectivity index (χ3n) is 5.24. The zero-order valence-electron chi connectivity index (χ0n) is 16.5. The van der Waals surface area contributed by atoms with E-state index in [1.165, 1.54) is 18.9 Å². The first-order valence-corrected chi connectivity index (χ1v) is 10.6. The Morgan fingerprint density at radius 3 is 2.77 bits per heavy atom. The SMILES string of the molecule is C=CCSc1nc2c(c(=O)[nH]1)[C@@H](c1ccc(C(=O)OC)cc1)C1=C(CCCC1=O)N2. The van der Waals surface area contributed by atoms with E-state index in [0.29, 0.717) is 39.8 Å². The number of rotatable bonds is 5. The predicted octanol–water partition coefficient (Wildman–Crippen LogP) is 3.40. The Hall–Kier alpha value is -3.13. The first-order chi connectivity index (χ1) is 14.5. The van der Waals surface area contributed by atoms with Crippen LogP contribution in [0.1, 0.15) is 46.7 Å². The Balaban J connectivity index is 1.86. The van der Waals surface area contributed by atoms with Crippen molar-refractivity contribution < 1.29 is 14.3 Å². The van der Waals surface area contributed by atoms with Crippen molar-refractivity contribution in [2.75, 3.05) is 18.2 Å². The molecule has 0 bridgehead atoms. The molecule has 0 spiro atoms. The summed E-state index contributed by atoms with van der Waals surface area (Å²) in [5.74, 6) is 0.142. The largest absolute Gasteiger partial charge is 0.465 e. The van der Waals surface area contributed by atoms with E-state index in [4.69, 9.17) is 4.74 Å². The molecule has 1 aromatic heterocycles.